The predicted octanol–water partition coefficient (Wildman–Crippen LogP) is 2.54. The second-order valence-corrected chi connectivity index (χ2v) is 5.69. The standard InChI is InChI=1S/C15H23N3O/c1-10(2)18(9-12-5-6-12)15(19)13-7-4-11(3)8-14(13)17-16/h4,7-8,10,12,17H,5-6,9,16H2,1-3H3. The van der Waals surface area contributed by atoms with Crippen molar-refractivity contribution in [1.29, 1.82) is 0 Å². The Balaban J connectivity index is 2.24. The Labute approximate surface area is 114 Å². The largest absolute Gasteiger partial charge is 0.336 e. The summed E-state index contributed by atoms with van der Waals surface area (Å²) in [5.41, 5.74) is 5.07. The van der Waals surface area contributed by atoms with Gasteiger partial charge in [-0.1, -0.05) is 6.07 Å². The Morgan fingerprint density at radius 1 is 1.47 bits per heavy atom. The minimum Gasteiger partial charge on any atom is -0.336 e. The number of carbonyl (C=O) groups is 1. The number of amides is 1. The SMILES string of the molecule is Cc1ccc(C(=O)N(CC2CC2)C(C)C)c(NN)c1. The summed E-state index contributed by atoms with van der Waals surface area (Å²) in [7, 11) is 0. The van der Waals surface area contributed by atoms with Gasteiger partial charge in [0.15, 0.2) is 0 Å². The first-order chi connectivity index (χ1) is 9.02. The molecule has 0 spiro atoms. The summed E-state index contributed by atoms with van der Waals surface area (Å²) >= 11 is 0. The molecule has 4 nitrogen and oxygen atoms in total. The van der Waals surface area contributed by atoms with E-state index in [0.717, 1.165) is 12.1 Å². The number of hydrazine groups is 1. The van der Waals surface area contributed by atoms with Gasteiger partial charge < -0.3 is 10.3 Å². The van der Waals surface area contributed by atoms with Crippen LogP contribution < -0.4 is 11.3 Å². The van der Waals surface area contributed by atoms with Crippen molar-refractivity contribution in [1.82, 2.24) is 4.90 Å². The van der Waals surface area contributed by atoms with E-state index in [2.05, 4.69) is 19.3 Å². The van der Waals surface area contributed by atoms with Crippen LogP contribution in [0.5, 0.6) is 0 Å². The van der Waals surface area contributed by atoms with E-state index in [1.54, 1.807) is 0 Å². The van der Waals surface area contributed by atoms with E-state index >= 15 is 0 Å². The minimum atomic E-state index is 0.0647. The van der Waals surface area contributed by atoms with Crippen molar-refractivity contribution in [3.8, 4) is 0 Å². The number of aryl methyl sites for hydroxylation is 1. The average Bonchev–Trinajstić information content (AvgIpc) is 3.18. The van der Waals surface area contributed by atoms with Crippen molar-refractivity contribution < 1.29 is 4.79 Å². The fourth-order valence-electron chi connectivity index (χ4n) is 2.23. The molecule has 104 valence electrons. The fourth-order valence-corrected chi connectivity index (χ4v) is 2.23. The van der Waals surface area contributed by atoms with Gasteiger partial charge in [0.1, 0.15) is 0 Å². The van der Waals surface area contributed by atoms with E-state index in [0.29, 0.717) is 17.2 Å². The number of anilines is 1. The molecule has 1 amide bonds. The highest BCUT2D eigenvalue weighted by atomic mass is 16.2. The van der Waals surface area contributed by atoms with Crippen LogP contribution in [0.4, 0.5) is 5.69 Å². The topological polar surface area (TPSA) is 58.4 Å². The van der Waals surface area contributed by atoms with Gasteiger partial charge in [-0.25, -0.2) is 0 Å². The number of nitrogens with two attached hydrogens (primary N) is 1. The molecular weight excluding hydrogens is 238 g/mol. The fraction of sp³-hybridized carbons (Fsp3) is 0.533. The monoisotopic (exact) mass is 261 g/mol. The molecule has 1 fully saturated rings. The maximum atomic E-state index is 12.7. The van der Waals surface area contributed by atoms with Crippen LogP contribution in [0.3, 0.4) is 0 Å². The Bertz CT molecular complexity index is 466. The van der Waals surface area contributed by atoms with Crippen molar-refractivity contribution in [3.63, 3.8) is 0 Å². The van der Waals surface area contributed by atoms with Crippen LogP contribution in [0.25, 0.3) is 0 Å². The third-order valence-corrected chi connectivity index (χ3v) is 3.60. The van der Waals surface area contributed by atoms with Gasteiger partial charge in [0, 0.05) is 12.6 Å². The first-order valence-corrected chi connectivity index (χ1v) is 6.91. The van der Waals surface area contributed by atoms with Crippen LogP contribution in [0.1, 0.15) is 42.6 Å². The van der Waals surface area contributed by atoms with Gasteiger partial charge in [0.2, 0.25) is 0 Å². The molecule has 2 rings (SSSR count). The zero-order chi connectivity index (χ0) is 14.0. The van der Waals surface area contributed by atoms with Gasteiger partial charge in [-0.3, -0.25) is 10.6 Å². The van der Waals surface area contributed by atoms with Gasteiger partial charge in [-0.2, -0.15) is 0 Å². The summed E-state index contributed by atoms with van der Waals surface area (Å²) in [5, 5.41) is 0. The number of hydrogen-bond donors (Lipinski definition) is 2. The molecule has 1 aliphatic carbocycles. The number of carbonyl (C=O) groups excluding carboxylic acids is 1. The summed E-state index contributed by atoms with van der Waals surface area (Å²) in [6.45, 7) is 6.96. The van der Waals surface area contributed by atoms with Crippen molar-refractivity contribution in [2.45, 2.75) is 39.7 Å². The molecule has 1 aromatic carbocycles. The molecular formula is C15H23N3O. The first kappa shape index (κ1) is 13.9. The second kappa shape index (κ2) is 5.61. The third-order valence-electron chi connectivity index (χ3n) is 3.60. The first-order valence-electron chi connectivity index (χ1n) is 6.91. The lowest BCUT2D eigenvalue weighted by atomic mass is 10.1. The zero-order valence-electron chi connectivity index (χ0n) is 11.9. The molecule has 1 aliphatic rings. The number of nitrogens with zero attached hydrogens (tertiary/aromatic N) is 1. The molecule has 0 aliphatic heterocycles. The highest BCUT2D eigenvalue weighted by Gasteiger charge is 2.29. The lowest BCUT2D eigenvalue weighted by molar-refractivity contribution is 0.0697. The van der Waals surface area contributed by atoms with Crippen molar-refractivity contribution >= 4 is 11.6 Å². The lowest BCUT2D eigenvalue weighted by Crippen LogP contribution is -2.39. The Kier molecular flexibility index (Phi) is 4.10. The predicted molar refractivity (Wildman–Crippen MR) is 77.9 cm³/mol. The summed E-state index contributed by atoms with van der Waals surface area (Å²) in [6.07, 6.45) is 2.48. The van der Waals surface area contributed by atoms with Crippen LogP contribution in [-0.2, 0) is 0 Å². The highest BCUT2D eigenvalue weighted by Crippen LogP contribution is 2.31. The van der Waals surface area contributed by atoms with Crippen LogP contribution in [0, 0.1) is 12.8 Å². The normalized spacial score (nSPS) is 14.6. The average molecular weight is 261 g/mol. The summed E-state index contributed by atoms with van der Waals surface area (Å²) in [6, 6.07) is 5.92. The zero-order valence-corrected chi connectivity index (χ0v) is 11.9. The van der Waals surface area contributed by atoms with E-state index in [1.165, 1.54) is 12.8 Å². The van der Waals surface area contributed by atoms with Gasteiger partial charge >= 0.3 is 0 Å². The Morgan fingerprint density at radius 3 is 2.68 bits per heavy atom. The number of hydrogen-bond acceptors (Lipinski definition) is 3. The Morgan fingerprint density at radius 2 is 2.16 bits per heavy atom. The lowest BCUT2D eigenvalue weighted by Gasteiger charge is -2.27. The van der Waals surface area contributed by atoms with Gasteiger partial charge in [0.05, 0.1) is 11.3 Å². The molecule has 0 atom stereocenters. The van der Waals surface area contributed by atoms with E-state index in [-0.39, 0.29) is 11.9 Å². The molecule has 3 N–H and O–H groups in total. The molecule has 0 radical (unpaired) electrons. The smallest absolute Gasteiger partial charge is 0.256 e. The Hall–Kier alpha value is -1.55. The van der Waals surface area contributed by atoms with E-state index in [4.69, 9.17) is 5.84 Å². The number of benzene rings is 1. The maximum absolute atomic E-state index is 12.7. The van der Waals surface area contributed by atoms with Crippen LogP contribution in [0.2, 0.25) is 0 Å². The number of rotatable bonds is 5. The van der Waals surface area contributed by atoms with E-state index in [9.17, 15) is 4.79 Å². The van der Waals surface area contributed by atoms with Crippen LogP contribution >= 0.6 is 0 Å². The van der Waals surface area contributed by atoms with Gasteiger partial charge in [-0.15, -0.1) is 0 Å². The van der Waals surface area contributed by atoms with Gasteiger partial charge in [0.25, 0.3) is 5.91 Å². The minimum absolute atomic E-state index is 0.0647. The van der Waals surface area contributed by atoms with Crippen molar-refractivity contribution in [3.05, 3.63) is 29.3 Å². The van der Waals surface area contributed by atoms with Crippen LogP contribution in [-0.4, -0.2) is 23.4 Å². The number of nitrogen functional groups attached to an aromatic ring is 1. The van der Waals surface area contributed by atoms with Crippen molar-refractivity contribution in [2.75, 3.05) is 12.0 Å². The molecule has 0 saturated heterocycles. The molecule has 0 aromatic heterocycles. The highest BCUT2D eigenvalue weighted by molar-refractivity contribution is 5.99. The quantitative estimate of drug-likeness (QED) is 0.632. The van der Waals surface area contributed by atoms with E-state index < -0.39 is 0 Å². The summed E-state index contributed by atoms with van der Waals surface area (Å²) < 4.78 is 0. The molecule has 19 heavy (non-hydrogen) atoms. The van der Waals surface area contributed by atoms with Gasteiger partial charge in [-0.05, 0) is 57.2 Å². The maximum Gasteiger partial charge on any atom is 0.256 e. The molecule has 0 heterocycles. The molecule has 0 unspecified atom stereocenters. The third kappa shape index (κ3) is 3.26. The van der Waals surface area contributed by atoms with Crippen molar-refractivity contribution in [2.24, 2.45) is 11.8 Å². The number of nitrogens with one attached hydrogen (secondary N) is 1. The van der Waals surface area contributed by atoms with E-state index in [1.807, 2.05) is 30.0 Å². The molecule has 1 saturated carbocycles. The molecule has 1 aromatic rings. The molecule has 0 bridgehead atoms. The second-order valence-electron chi connectivity index (χ2n) is 5.69. The van der Waals surface area contributed by atoms with Crippen LogP contribution in [0.15, 0.2) is 18.2 Å². The molecule has 4 heteroatoms. The summed E-state index contributed by atoms with van der Waals surface area (Å²) in [4.78, 5) is 14.6. The summed E-state index contributed by atoms with van der Waals surface area (Å²) in [5.74, 6) is 6.28.